The molecule has 13 nitrogen and oxygen atoms in total. The van der Waals surface area contributed by atoms with E-state index in [9.17, 15) is 9.90 Å². The number of imidazole rings is 5. The van der Waals surface area contributed by atoms with Crippen LogP contribution in [0.3, 0.4) is 0 Å². The molecule has 0 radical (unpaired) electrons. The highest BCUT2D eigenvalue weighted by Crippen LogP contribution is 2.31. The number of ether oxygens (including phenoxy) is 1. The fourth-order valence-electron chi connectivity index (χ4n) is 13.1. The first-order chi connectivity index (χ1) is 58.3. The Hall–Kier alpha value is -12.0. The molecule has 5 aromatic heterocycles. The smallest absolute Gasteiger partial charge is 0.141 e. The maximum atomic E-state index is 11.3. The van der Waals surface area contributed by atoms with Gasteiger partial charge in [-0.2, -0.15) is 0 Å². The van der Waals surface area contributed by atoms with Gasteiger partial charge in [-0.15, -0.1) is 0 Å². The molecule has 14 heteroatoms. The Morgan fingerprint density at radius 3 is 1.15 bits per heavy atom. The van der Waals surface area contributed by atoms with E-state index in [-0.39, 0.29) is 35.2 Å². The molecule has 0 aliphatic rings. The minimum atomic E-state index is -2.28. The second kappa shape index (κ2) is 39.8. The van der Waals surface area contributed by atoms with E-state index < -0.39 is 20.6 Å². The Balaban J connectivity index is 0.000000150. The molecule has 0 bridgehead atoms. The largest absolute Gasteiger partial charge is 0.508 e. The number of aromatic hydroxyl groups is 1. The monoisotopic (exact) mass is 1570 g/mol. The van der Waals surface area contributed by atoms with E-state index in [0.717, 1.165) is 109 Å². The van der Waals surface area contributed by atoms with Crippen molar-refractivity contribution in [3.63, 3.8) is 0 Å². The molecule has 15 aromatic rings. The third kappa shape index (κ3) is 22.6. The third-order valence-corrected chi connectivity index (χ3v) is 20.4. The van der Waals surface area contributed by atoms with Crippen molar-refractivity contribution in [1.82, 2.24) is 47.8 Å². The van der Waals surface area contributed by atoms with E-state index in [1.54, 1.807) is 38.8 Å². The molecule has 5 heterocycles. The van der Waals surface area contributed by atoms with Crippen LogP contribution in [0.4, 0.5) is 0 Å². The lowest BCUT2D eigenvalue weighted by molar-refractivity contribution is -0.117. The summed E-state index contributed by atoms with van der Waals surface area (Å²) in [6, 6.07) is 80.2. The van der Waals surface area contributed by atoms with Gasteiger partial charge < -0.3 is 37.5 Å². The maximum absolute atomic E-state index is 11.3. The molecule has 0 aliphatic carbocycles. The van der Waals surface area contributed by atoms with Crippen LogP contribution < -0.4 is 4.74 Å². The van der Waals surface area contributed by atoms with Crippen LogP contribution in [0.15, 0.2) is 284 Å². The highest BCUT2D eigenvalue weighted by atomic mass is 79.9. The lowest BCUT2D eigenvalue weighted by Gasteiger charge is -2.15. The number of phenolic OH excluding ortho intramolecular Hbond substituents is 1. The zero-order chi connectivity index (χ0) is 87.4. The van der Waals surface area contributed by atoms with Crippen molar-refractivity contribution < 1.29 is 27.0 Å². The van der Waals surface area contributed by atoms with Crippen molar-refractivity contribution in [3.05, 3.63) is 374 Å². The molecular weight excluding hydrogens is 1460 g/mol. The normalized spacial score (nSPS) is 12.6. The number of hydrogen-bond acceptors (Lipinski definition) is 8. The average Bonchev–Trinajstić information content (AvgIpc) is 1.63. The quantitative estimate of drug-likeness (QED) is 0.0663. The number of carbonyl (C=O) groups is 1. The number of hydrogen-bond donors (Lipinski definition) is 1. The van der Waals surface area contributed by atoms with E-state index in [4.69, 9.17) is 17.1 Å². The molecule has 0 amide bonds. The number of phenols is 1. The Labute approximate surface area is 689 Å². The highest BCUT2D eigenvalue weighted by molar-refractivity contribution is 9.10. The maximum Gasteiger partial charge on any atom is 0.141 e. The van der Waals surface area contributed by atoms with E-state index in [1.165, 1.54) is 52.0 Å². The minimum absolute atomic E-state index is 0.137. The molecule has 0 aliphatic heterocycles. The van der Waals surface area contributed by atoms with Gasteiger partial charge in [-0.3, -0.25) is 0 Å². The number of nitrogens with zero attached hydrogens (tertiary/aromatic N) is 10. The summed E-state index contributed by atoms with van der Waals surface area (Å²) in [5, 5.41) is 10.0. The molecule has 576 valence electrons. The number of carbonyl (C=O) groups excluding carboxylic acids is 1. The Bertz CT molecular complexity index is 5780. The number of ketones is 1. The first-order valence-electron chi connectivity index (χ1n) is 42.6. The predicted octanol–water partition coefficient (Wildman–Crippen LogP) is 23.6. The molecule has 0 unspecified atom stereocenters. The fourth-order valence-corrected chi connectivity index (χ4v) is 13.5. The van der Waals surface area contributed by atoms with E-state index in [1.807, 2.05) is 174 Å². The van der Waals surface area contributed by atoms with Crippen LogP contribution in [-0.4, -0.2) is 65.3 Å². The van der Waals surface area contributed by atoms with Gasteiger partial charge in [0.15, 0.2) is 0 Å². The van der Waals surface area contributed by atoms with Gasteiger partial charge in [-0.25, -0.2) is 24.9 Å². The first-order valence-corrected chi connectivity index (χ1v) is 38.9. The van der Waals surface area contributed by atoms with E-state index in [0.29, 0.717) is 55.1 Å². The van der Waals surface area contributed by atoms with Crippen molar-refractivity contribution in [3.8, 4) is 68.4 Å². The first kappa shape index (κ1) is 70.1. The van der Waals surface area contributed by atoms with Crippen molar-refractivity contribution in [2.24, 2.45) is 5.92 Å². The summed E-state index contributed by atoms with van der Waals surface area (Å²) >= 11 is 3.61. The van der Waals surface area contributed by atoms with Crippen LogP contribution in [0.2, 0.25) is 0 Å². The number of aromatic nitrogens is 10. The van der Waals surface area contributed by atoms with Crippen LogP contribution in [0.25, 0.3) is 56.9 Å². The van der Waals surface area contributed by atoms with Gasteiger partial charge in [0, 0.05) is 119 Å². The predicted molar refractivity (Wildman–Crippen MR) is 467 cm³/mol. The number of Topliss-reactive ketones (excluding diaryl/α,β-unsaturated/α-hetero) is 1. The van der Waals surface area contributed by atoms with Gasteiger partial charge in [0.1, 0.15) is 51.0 Å². The molecule has 0 saturated heterocycles. The Kier molecular flexibility index (Phi) is 24.7. The van der Waals surface area contributed by atoms with Gasteiger partial charge >= 0.3 is 0 Å². The number of para-hydroxylation sites is 2. The molecule has 113 heavy (non-hydrogen) atoms. The standard InChI is InChI=1S/C26H32N2O2.C19H20N2.C18H17BrN2.C18H18N2O.C18H18N2/c1-19-11-13-23(14-12-19)26-27-17-21(3)28(26)18-24-9-5-6-10-25(24)30-15-7-8-20(2)16-22(4)29;1-14-8-10-17(11-9-14)19-20-12-16(3)21(19)13-18-7-5-4-6-15(18)2;1-13-7-9-15(10-8-13)18-20-11-17(19)21(18)12-16-6-4-3-5-14(16)2;1-13-7-9-15(10-8-13)18-19-11-14(2)20(18)12-16-5-3-4-6-17(16)21;1-14-7-9-16(10-8-14)18-19-11-12-20(18)13-17-6-4-3-5-15(17)2/h5-6,9-14,17,20H,7-8,15-16,18H2,1-4H3;4-12H,13H2,1-3H3;3-11H,12H2,1-2H3;3-11,21H,12H2,1-2H3;3-12H,13H2,1-2H3/t20-;;;;/m1..../s1/i2*3D3;;2D3;. The van der Waals surface area contributed by atoms with Crippen LogP contribution >= 0.6 is 15.9 Å². The fraction of sp³-hybridized carbons (Fsp3) is 0.232. The molecule has 0 saturated carbocycles. The van der Waals surface area contributed by atoms with Crippen molar-refractivity contribution in [1.29, 1.82) is 0 Å². The summed E-state index contributed by atoms with van der Waals surface area (Å²) in [6.45, 7) is 16.8. The molecule has 0 fully saturated rings. The van der Waals surface area contributed by atoms with Gasteiger partial charge in [0.2, 0.25) is 0 Å². The summed E-state index contributed by atoms with van der Waals surface area (Å²) < 4.78 is 87.3. The average molecular weight is 1570 g/mol. The Morgan fingerprint density at radius 2 is 0.743 bits per heavy atom. The van der Waals surface area contributed by atoms with Gasteiger partial charge in [-0.1, -0.05) is 265 Å². The molecular formula is C99H105BrN10O3. The minimum Gasteiger partial charge on any atom is -0.508 e. The van der Waals surface area contributed by atoms with Crippen LogP contribution in [-0.2, 0) is 37.5 Å². The topological polar surface area (TPSA) is 136 Å². The van der Waals surface area contributed by atoms with Crippen molar-refractivity contribution in [2.75, 3.05) is 6.61 Å². The molecule has 1 atom stereocenters. The number of aryl methyl sites for hydroxylation is 11. The number of benzene rings is 10. The van der Waals surface area contributed by atoms with E-state index in [2.05, 4.69) is 182 Å². The highest BCUT2D eigenvalue weighted by Gasteiger charge is 2.18. The zero-order valence-corrected chi connectivity index (χ0v) is 67.7. The Morgan fingerprint density at radius 1 is 0.407 bits per heavy atom. The third-order valence-electron chi connectivity index (χ3n) is 19.8. The summed E-state index contributed by atoms with van der Waals surface area (Å²) in [4.78, 5) is 33.5. The van der Waals surface area contributed by atoms with Crippen LogP contribution in [0.1, 0.15) is 135 Å². The lowest BCUT2D eigenvalue weighted by Crippen LogP contribution is -2.08. The van der Waals surface area contributed by atoms with Crippen LogP contribution in [0.5, 0.6) is 11.5 Å². The number of rotatable bonds is 22. The molecule has 10 aromatic carbocycles. The second-order valence-corrected chi connectivity index (χ2v) is 29.7. The van der Waals surface area contributed by atoms with Crippen LogP contribution in [0, 0.1) is 81.9 Å². The summed E-state index contributed by atoms with van der Waals surface area (Å²) in [5.74, 6) is 5.31. The SMILES string of the molecule is Cc1ccc(-c2ncc(Br)n2Cc2ccccc2C)cc1.Cc1ccc(-c2nccn2Cc2ccccc2C)cc1.[2H]C([2H])([2H])c1cnc(-c2ccc(C)cc2)n1Cc1ccccc1C.[2H]C([2H])([2H])c1cnc(-c2ccc(C)cc2)n1Cc1ccccc1O.[2H]C([2H])([2H])c1cnc(-c2ccc(C)cc2)n1Cc1ccccc1OCCC[C@@H](C)CC(C)=O. The summed E-state index contributed by atoms with van der Waals surface area (Å²) in [6.07, 6.45) is 12.5. The summed E-state index contributed by atoms with van der Waals surface area (Å²) in [7, 11) is 0. The second-order valence-electron chi connectivity index (χ2n) is 28.9. The van der Waals surface area contributed by atoms with Gasteiger partial charge in [-0.05, 0) is 163 Å². The molecule has 0 spiro atoms. The van der Waals surface area contributed by atoms with E-state index >= 15 is 0 Å². The van der Waals surface area contributed by atoms with Crippen molar-refractivity contribution >= 4 is 21.7 Å². The lowest BCUT2D eigenvalue weighted by atomic mass is 10.00. The summed E-state index contributed by atoms with van der Waals surface area (Å²) in [5.41, 5.74) is 20.5. The van der Waals surface area contributed by atoms with Crippen molar-refractivity contribution in [2.45, 2.75) is 142 Å². The molecule has 15 rings (SSSR count). The van der Waals surface area contributed by atoms with Gasteiger partial charge in [0.05, 0.1) is 32.4 Å². The number of halogens is 1. The van der Waals surface area contributed by atoms with Gasteiger partial charge in [0.25, 0.3) is 0 Å². The molecule has 1 N–H and O–H groups in total. The zero-order valence-electron chi connectivity index (χ0n) is 75.1.